The highest BCUT2D eigenvalue weighted by Gasteiger charge is 2.41. The molecular weight excluding hydrogens is 703 g/mol. The zero-order valence-corrected chi connectivity index (χ0v) is 33.3. The van der Waals surface area contributed by atoms with Crippen molar-refractivity contribution in [3.8, 4) is 33.4 Å². The summed E-state index contributed by atoms with van der Waals surface area (Å²) >= 11 is 0. The lowest BCUT2D eigenvalue weighted by atomic mass is 9.79. The number of anilines is 2. The number of nitrogens with zero attached hydrogens (tertiary/aromatic N) is 1. The third-order valence-electron chi connectivity index (χ3n) is 13.7. The van der Waals surface area contributed by atoms with Crippen molar-refractivity contribution in [2.24, 2.45) is 0 Å². The Morgan fingerprint density at radius 3 is 2.07 bits per heavy atom. The molecule has 0 saturated carbocycles. The molecule has 0 bridgehead atoms. The van der Waals surface area contributed by atoms with Crippen molar-refractivity contribution in [2.45, 2.75) is 51.0 Å². The van der Waals surface area contributed by atoms with Crippen molar-refractivity contribution in [2.75, 3.05) is 4.90 Å². The smallest absolute Gasteiger partial charge is 0.143 e. The molecule has 3 aliphatic rings. The van der Waals surface area contributed by atoms with Crippen LogP contribution in [0.5, 0.6) is 0 Å². The maximum atomic E-state index is 7.32. The second-order valence-electron chi connectivity index (χ2n) is 17.6. The first-order valence-corrected chi connectivity index (χ1v) is 20.7. The van der Waals surface area contributed by atoms with Crippen molar-refractivity contribution < 1.29 is 4.42 Å². The number of furan rings is 1. The van der Waals surface area contributed by atoms with E-state index in [0.29, 0.717) is 0 Å². The van der Waals surface area contributed by atoms with Gasteiger partial charge in [-0.1, -0.05) is 161 Å². The van der Waals surface area contributed by atoms with E-state index in [4.69, 9.17) is 4.42 Å². The molecule has 2 nitrogen and oxygen atoms in total. The van der Waals surface area contributed by atoms with Crippen LogP contribution in [0, 0.1) is 0 Å². The van der Waals surface area contributed by atoms with E-state index in [1.54, 1.807) is 0 Å². The first kappa shape index (κ1) is 33.5. The molecule has 1 heterocycles. The summed E-state index contributed by atoms with van der Waals surface area (Å²) in [6, 6.07) is 58.5. The predicted octanol–water partition coefficient (Wildman–Crippen LogP) is 14.8. The Kier molecular flexibility index (Phi) is 6.90. The molecule has 1 unspecified atom stereocenters. The summed E-state index contributed by atoms with van der Waals surface area (Å²) in [5.74, 6) is 1.05. The van der Waals surface area contributed by atoms with E-state index < -0.39 is 0 Å². The molecule has 2 heteroatoms. The third-order valence-corrected chi connectivity index (χ3v) is 13.7. The normalized spacial score (nSPS) is 16.6. The van der Waals surface area contributed by atoms with Gasteiger partial charge in [0.25, 0.3) is 0 Å². The van der Waals surface area contributed by atoms with Gasteiger partial charge in [-0.05, 0) is 108 Å². The van der Waals surface area contributed by atoms with E-state index in [-0.39, 0.29) is 16.9 Å². The van der Waals surface area contributed by atoms with Gasteiger partial charge in [0.15, 0.2) is 0 Å². The Balaban J connectivity index is 1.03. The van der Waals surface area contributed by atoms with E-state index in [1.165, 1.54) is 99.5 Å². The lowest BCUT2D eigenvalue weighted by molar-refractivity contribution is 0.529. The summed E-state index contributed by atoms with van der Waals surface area (Å²) in [5.41, 5.74) is 17.5. The molecule has 12 rings (SSSR count). The molecule has 0 fully saturated rings. The van der Waals surface area contributed by atoms with E-state index >= 15 is 0 Å². The quantitative estimate of drug-likeness (QED) is 0.178. The lowest BCUT2D eigenvalue weighted by Crippen LogP contribution is -2.32. The molecule has 278 valence electrons. The number of hydrogen-bond acceptors (Lipinski definition) is 2. The molecule has 0 N–H and O–H groups in total. The lowest BCUT2D eigenvalue weighted by Gasteiger charge is -2.34. The van der Waals surface area contributed by atoms with Crippen LogP contribution in [-0.4, -0.2) is 6.04 Å². The highest BCUT2D eigenvalue weighted by molar-refractivity contribution is 6.19. The van der Waals surface area contributed by atoms with Gasteiger partial charge in [0.05, 0.1) is 6.04 Å². The number of benzene rings is 8. The molecule has 0 amide bonds. The van der Waals surface area contributed by atoms with Crippen molar-refractivity contribution in [1.82, 2.24) is 0 Å². The van der Waals surface area contributed by atoms with Crippen LogP contribution in [0.15, 0.2) is 168 Å². The first-order chi connectivity index (χ1) is 28.3. The van der Waals surface area contributed by atoms with E-state index in [2.05, 4.69) is 202 Å². The van der Waals surface area contributed by atoms with Crippen molar-refractivity contribution in [3.63, 3.8) is 0 Å². The number of fused-ring (bicyclic) bond motifs is 14. The minimum Gasteiger partial charge on any atom is -0.460 e. The van der Waals surface area contributed by atoms with Gasteiger partial charge in [0.2, 0.25) is 0 Å². The second kappa shape index (κ2) is 11.9. The summed E-state index contributed by atoms with van der Waals surface area (Å²) in [4.78, 5) is 2.51. The summed E-state index contributed by atoms with van der Waals surface area (Å²) in [6.45, 7) is 9.48. The van der Waals surface area contributed by atoms with E-state index in [9.17, 15) is 0 Å². The fourth-order valence-corrected chi connectivity index (χ4v) is 10.9. The Morgan fingerprint density at radius 1 is 0.534 bits per heavy atom. The molecule has 1 aromatic heterocycles. The number of para-hydroxylation sites is 1. The van der Waals surface area contributed by atoms with Crippen LogP contribution in [0.2, 0.25) is 0 Å². The molecule has 0 saturated heterocycles. The second-order valence-corrected chi connectivity index (χ2v) is 17.6. The zero-order valence-electron chi connectivity index (χ0n) is 33.3. The molecule has 9 aromatic rings. The van der Waals surface area contributed by atoms with Crippen molar-refractivity contribution >= 4 is 50.0 Å². The van der Waals surface area contributed by atoms with Gasteiger partial charge < -0.3 is 9.32 Å². The predicted molar refractivity (Wildman–Crippen MR) is 243 cm³/mol. The van der Waals surface area contributed by atoms with Gasteiger partial charge in [0, 0.05) is 45.1 Å². The minimum atomic E-state index is -0.198. The molecule has 0 aliphatic heterocycles. The molecular formula is C56H43NO. The monoisotopic (exact) mass is 745 g/mol. The van der Waals surface area contributed by atoms with Crippen molar-refractivity contribution in [3.05, 3.63) is 197 Å². The van der Waals surface area contributed by atoms with Gasteiger partial charge in [-0.25, -0.2) is 0 Å². The highest BCUT2D eigenvalue weighted by atomic mass is 16.3. The summed E-state index contributed by atoms with van der Waals surface area (Å²) in [7, 11) is 0. The fourth-order valence-electron chi connectivity index (χ4n) is 10.9. The maximum absolute atomic E-state index is 7.32. The highest BCUT2D eigenvalue weighted by Crippen LogP contribution is 2.57. The topological polar surface area (TPSA) is 16.4 Å². The molecule has 3 aliphatic carbocycles. The van der Waals surface area contributed by atoms with E-state index in [0.717, 1.165) is 17.8 Å². The molecule has 1 atom stereocenters. The van der Waals surface area contributed by atoms with Crippen LogP contribution in [-0.2, 0) is 17.3 Å². The van der Waals surface area contributed by atoms with Gasteiger partial charge >= 0.3 is 0 Å². The summed E-state index contributed by atoms with van der Waals surface area (Å²) < 4.78 is 7.32. The van der Waals surface area contributed by atoms with Gasteiger partial charge in [-0.2, -0.15) is 0 Å². The van der Waals surface area contributed by atoms with Crippen LogP contribution in [0.3, 0.4) is 0 Å². The minimum absolute atomic E-state index is 0.0393. The van der Waals surface area contributed by atoms with Gasteiger partial charge in [-0.15, -0.1) is 0 Å². The van der Waals surface area contributed by atoms with Gasteiger partial charge in [0.1, 0.15) is 11.3 Å². The SMILES string of the molecule is CC1(C)c2ccccc2-c2cc(N(c3ccccc3)C3C=Cc4c(oc5c6c(c7ccccc7c45)C(C)(C)c4ccc(-c5ccc7ccccc7c5)cc4-6)C3)ccc21. The number of hydrogen-bond donors (Lipinski definition) is 0. The Hall–Kier alpha value is -6.64. The average Bonchev–Trinajstić information content (AvgIpc) is 3.83. The molecule has 0 spiro atoms. The van der Waals surface area contributed by atoms with Crippen LogP contribution in [0.1, 0.15) is 61.3 Å². The van der Waals surface area contributed by atoms with Crippen molar-refractivity contribution in [1.29, 1.82) is 0 Å². The fraction of sp³-hybridized carbons (Fsp3) is 0.143. The Morgan fingerprint density at radius 2 is 1.21 bits per heavy atom. The standard InChI is InChI=1S/C56H43NO/c1-55(2)47-21-13-12-18-41(47)45-32-39(26-29-48(45)55)57(38-16-6-5-7-17-38)40-25-27-44-50(33-40)58-54-51(44)42-19-10-11-20-43(42)53-52(54)46-31-37(24-28-49(46)56(53,3)4)36-23-22-34-14-8-9-15-35(34)30-36/h5-32,40H,33H2,1-4H3. The van der Waals surface area contributed by atoms with Crippen LogP contribution in [0.25, 0.3) is 72.0 Å². The van der Waals surface area contributed by atoms with Crippen LogP contribution in [0.4, 0.5) is 11.4 Å². The van der Waals surface area contributed by atoms with Crippen LogP contribution >= 0.6 is 0 Å². The number of rotatable bonds is 4. The molecule has 8 aromatic carbocycles. The molecule has 58 heavy (non-hydrogen) atoms. The Bertz CT molecular complexity index is 3210. The largest absolute Gasteiger partial charge is 0.460 e. The average molecular weight is 746 g/mol. The van der Waals surface area contributed by atoms with Gasteiger partial charge in [-0.3, -0.25) is 0 Å². The zero-order chi connectivity index (χ0) is 38.9. The summed E-state index contributed by atoms with van der Waals surface area (Å²) in [6.07, 6.45) is 5.51. The third kappa shape index (κ3) is 4.60. The van der Waals surface area contributed by atoms with E-state index in [1.807, 2.05) is 0 Å². The summed E-state index contributed by atoms with van der Waals surface area (Å²) in [5, 5.41) is 6.31. The maximum Gasteiger partial charge on any atom is 0.143 e. The molecule has 0 radical (unpaired) electrons. The first-order valence-electron chi connectivity index (χ1n) is 20.7. The van der Waals surface area contributed by atoms with Crippen LogP contribution < -0.4 is 4.90 Å². The Labute approximate surface area is 339 Å².